The fourth-order valence-electron chi connectivity index (χ4n) is 1.73. The Morgan fingerprint density at radius 1 is 1.40 bits per heavy atom. The first-order chi connectivity index (χ1) is 7.34. The Morgan fingerprint density at radius 3 is 3.27 bits per heavy atom. The van der Waals surface area contributed by atoms with Crippen LogP contribution in [0.5, 0.6) is 5.75 Å². The van der Waals surface area contributed by atoms with Crippen LogP contribution in [0.1, 0.15) is 4.88 Å². The average Bonchev–Trinajstić information content (AvgIpc) is 2.62. The Bertz CT molecular complexity index is 509. The Labute approximate surface area is 100 Å². The molecule has 1 aliphatic rings. The number of nitrogens with zero attached hydrogens (tertiary/aromatic N) is 1. The van der Waals surface area contributed by atoms with Crippen molar-refractivity contribution in [2.75, 3.05) is 6.61 Å². The zero-order chi connectivity index (χ0) is 10.3. The largest absolute Gasteiger partial charge is 0.493 e. The number of halogens is 1. The van der Waals surface area contributed by atoms with E-state index in [9.17, 15) is 0 Å². The monoisotopic (exact) mass is 281 g/mol. The molecule has 2 heterocycles. The van der Waals surface area contributed by atoms with Gasteiger partial charge in [-0.3, -0.25) is 0 Å². The molecule has 0 atom stereocenters. The lowest BCUT2D eigenvalue weighted by atomic mass is 10.1. The van der Waals surface area contributed by atoms with Gasteiger partial charge < -0.3 is 4.74 Å². The predicted octanol–water partition coefficient (Wildman–Crippen LogP) is 3.51. The number of ether oxygens (including phenoxy) is 1. The molecule has 1 aromatic carbocycles. The van der Waals surface area contributed by atoms with Gasteiger partial charge in [0, 0.05) is 21.3 Å². The van der Waals surface area contributed by atoms with Gasteiger partial charge in [-0.25, -0.2) is 4.98 Å². The third-order valence-electron chi connectivity index (χ3n) is 2.42. The number of aromatic nitrogens is 1. The quantitative estimate of drug-likeness (QED) is 0.737. The van der Waals surface area contributed by atoms with Gasteiger partial charge in [0.25, 0.3) is 0 Å². The Kier molecular flexibility index (Phi) is 2.25. The van der Waals surface area contributed by atoms with Crippen molar-refractivity contribution in [2.45, 2.75) is 6.42 Å². The maximum absolute atomic E-state index is 5.69. The molecular weight excluding hydrogens is 274 g/mol. The summed E-state index contributed by atoms with van der Waals surface area (Å²) in [7, 11) is 0. The molecule has 0 radical (unpaired) electrons. The number of hydrogen-bond acceptors (Lipinski definition) is 3. The van der Waals surface area contributed by atoms with Crippen molar-refractivity contribution in [1.29, 1.82) is 0 Å². The number of benzene rings is 1. The highest BCUT2D eigenvalue weighted by atomic mass is 79.9. The first-order valence-corrected chi connectivity index (χ1v) is 6.37. The molecule has 76 valence electrons. The molecule has 0 aliphatic carbocycles. The summed E-state index contributed by atoms with van der Waals surface area (Å²) in [6.45, 7) is 0.740. The van der Waals surface area contributed by atoms with Gasteiger partial charge in [-0.05, 0) is 18.2 Å². The predicted molar refractivity (Wildman–Crippen MR) is 64.4 cm³/mol. The molecule has 0 spiro atoms. The van der Waals surface area contributed by atoms with Crippen LogP contribution < -0.4 is 4.74 Å². The van der Waals surface area contributed by atoms with E-state index < -0.39 is 0 Å². The molecule has 1 aromatic heterocycles. The second kappa shape index (κ2) is 3.61. The van der Waals surface area contributed by atoms with Crippen LogP contribution in [-0.2, 0) is 6.42 Å². The molecule has 0 saturated carbocycles. The zero-order valence-electron chi connectivity index (χ0n) is 7.87. The zero-order valence-corrected chi connectivity index (χ0v) is 10.3. The second-order valence-corrected chi connectivity index (χ2v) is 5.22. The summed E-state index contributed by atoms with van der Waals surface area (Å²) in [5.74, 6) is 0.933. The van der Waals surface area contributed by atoms with Crippen molar-refractivity contribution in [3.63, 3.8) is 0 Å². The van der Waals surface area contributed by atoms with Crippen LogP contribution in [0.3, 0.4) is 0 Å². The molecule has 0 saturated heterocycles. The number of rotatable bonds is 0. The standard InChI is InChI=1S/C11H8BrNOS/c12-7-1-2-9-8(5-7)11-10(3-4-14-9)15-6-13-11/h1-2,5-6H,3-4H2. The molecule has 0 amide bonds. The van der Waals surface area contributed by atoms with Crippen molar-refractivity contribution in [3.05, 3.63) is 33.1 Å². The third kappa shape index (κ3) is 1.58. The minimum absolute atomic E-state index is 0.740. The summed E-state index contributed by atoms with van der Waals surface area (Å²) < 4.78 is 6.75. The summed E-state index contributed by atoms with van der Waals surface area (Å²) >= 11 is 5.18. The molecule has 0 fully saturated rings. The molecule has 2 aromatic rings. The maximum Gasteiger partial charge on any atom is 0.128 e. The number of hydrogen-bond donors (Lipinski definition) is 0. The normalized spacial score (nSPS) is 13.7. The lowest BCUT2D eigenvalue weighted by Crippen LogP contribution is -1.97. The van der Waals surface area contributed by atoms with Gasteiger partial charge in [-0.2, -0.15) is 0 Å². The van der Waals surface area contributed by atoms with Gasteiger partial charge in [0.05, 0.1) is 17.8 Å². The highest BCUT2D eigenvalue weighted by Crippen LogP contribution is 2.37. The minimum atomic E-state index is 0.740. The van der Waals surface area contributed by atoms with Crippen molar-refractivity contribution >= 4 is 27.3 Å². The van der Waals surface area contributed by atoms with Crippen LogP contribution in [0.2, 0.25) is 0 Å². The summed E-state index contributed by atoms with van der Waals surface area (Å²) in [5.41, 5.74) is 4.08. The molecule has 3 rings (SSSR count). The molecule has 15 heavy (non-hydrogen) atoms. The molecule has 0 bridgehead atoms. The first kappa shape index (κ1) is 9.36. The molecule has 0 unspecified atom stereocenters. The highest BCUT2D eigenvalue weighted by Gasteiger charge is 2.17. The summed E-state index contributed by atoms with van der Waals surface area (Å²) in [5, 5.41) is 0. The fourth-order valence-corrected chi connectivity index (χ4v) is 2.86. The van der Waals surface area contributed by atoms with E-state index >= 15 is 0 Å². The topological polar surface area (TPSA) is 22.1 Å². The van der Waals surface area contributed by atoms with E-state index in [2.05, 4.69) is 27.0 Å². The van der Waals surface area contributed by atoms with Gasteiger partial charge in [-0.1, -0.05) is 15.9 Å². The lowest BCUT2D eigenvalue weighted by Gasteiger charge is -2.06. The third-order valence-corrected chi connectivity index (χ3v) is 3.81. The molecule has 0 N–H and O–H groups in total. The van der Waals surface area contributed by atoms with Gasteiger partial charge in [0.2, 0.25) is 0 Å². The van der Waals surface area contributed by atoms with E-state index in [1.807, 2.05) is 17.6 Å². The van der Waals surface area contributed by atoms with E-state index in [1.54, 1.807) is 11.3 Å². The molecule has 1 aliphatic heterocycles. The van der Waals surface area contributed by atoms with Crippen molar-refractivity contribution < 1.29 is 4.74 Å². The van der Waals surface area contributed by atoms with Crippen molar-refractivity contribution in [3.8, 4) is 17.0 Å². The van der Waals surface area contributed by atoms with E-state index in [0.29, 0.717) is 0 Å². The van der Waals surface area contributed by atoms with E-state index in [0.717, 1.165) is 34.5 Å². The summed E-state index contributed by atoms with van der Waals surface area (Å²) in [4.78, 5) is 5.73. The first-order valence-electron chi connectivity index (χ1n) is 4.70. The molecule has 2 nitrogen and oxygen atoms in total. The van der Waals surface area contributed by atoms with Crippen LogP contribution in [-0.4, -0.2) is 11.6 Å². The lowest BCUT2D eigenvalue weighted by molar-refractivity contribution is 0.327. The minimum Gasteiger partial charge on any atom is -0.493 e. The summed E-state index contributed by atoms with van der Waals surface area (Å²) in [6.07, 6.45) is 0.951. The SMILES string of the molecule is Brc1ccc2c(c1)-c1ncsc1CCO2. The number of thiazole rings is 1. The van der Waals surface area contributed by atoms with E-state index in [1.165, 1.54) is 4.88 Å². The van der Waals surface area contributed by atoms with Crippen LogP contribution in [0.4, 0.5) is 0 Å². The smallest absolute Gasteiger partial charge is 0.128 e. The van der Waals surface area contributed by atoms with Gasteiger partial charge in [0.1, 0.15) is 5.75 Å². The Balaban J connectivity index is 2.27. The van der Waals surface area contributed by atoms with Crippen molar-refractivity contribution in [1.82, 2.24) is 4.98 Å². The molecular formula is C11H8BrNOS. The van der Waals surface area contributed by atoms with Crippen molar-refractivity contribution in [2.24, 2.45) is 0 Å². The van der Waals surface area contributed by atoms with Crippen LogP contribution in [0, 0.1) is 0 Å². The van der Waals surface area contributed by atoms with E-state index in [-0.39, 0.29) is 0 Å². The van der Waals surface area contributed by atoms with Crippen LogP contribution >= 0.6 is 27.3 Å². The average molecular weight is 282 g/mol. The van der Waals surface area contributed by atoms with Crippen LogP contribution in [0.15, 0.2) is 28.2 Å². The second-order valence-electron chi connectivity index (χ2n) is 3.36. The highest BCUT2D eigenvalue weighted by molar-refractivity contribution is 9.10. The van der Waals surface area contributed by atoms with Gasteiger partial charge in [-0.15, -0.1) is 11.3 Å². The fraction of sp³-hybridized carbons (Fsp3) is 0.182. The summed E-state index contributed by atoms with van der Waals surface area (Å²) in [6, 6.07) is 6.06. The van der Waals surface area contributed by atoms with Gasteiger partial charge >= 0.3 is 0 Å². The molecule has 4 heteroatoms. The van der Waals surface area contributed by atoms with Gasteiger partial charge in [0.15, 0.2) is 0 Å². The Morgan fingerprint density at radius 2 is 2.33 bits per heavy atom. The van der Waals surface area contributed by atoms with Crippen LogP contribution in [0.25, 0.3) is 11.3 Å². The number of fused-ring (bicyclic) bond motifs is 3. The maximum atomic E-state index is 5.69. The Hall–Kier alpha value is -0.870. The van der Waals surface area contributed by atoms with E-state index in [4.69, 9.17) is 4.74 Å².